The Kier molecular flexibility index (Phi) is 5.06. The number of halogens is 1. The van der Waals surface area contributed by atoms with Crippen LogP contribution in [0, 0.1) is 34.9 Å². The Morgan fingerprint density at radius 2 is 1.79 bits per heavy atom. The van der Waals surface area contributed by atoms with E-state index in [0.717, 1.165) is 24.3 Å². The van der Waals surface area contributed by atoms with Crippen LogP contribution in [0.25, 0.3) is 0 Å². The van der Waals surface area contributed by atoms with E-state index in [1.165, 1.54) is 43.1 Å². The molecule has 4 saturated carbocycles. The van der Waals surface area contributed by atoms with Crippen molar-refractivity contribution in [2.24, 2.45) is 29.1 Å². The SMILES string of the molecule is CC1C[C@@H]2C[C@@H](C)C[C@@](COc3cc(F)c(C(=O)N4CCC5C[C@@]54C(=O)O)cc3C3CC3)(C1)C2. The highest BCUT2D eigenvalue weighted by molar-refractivity contribution is 6.00. The summed E-state index contributed by atoms with van der Waals surface area (Å²) in [6, 6.07) is 3.07. The highest BCUT2D eigenvalue weighted by Gasteiger charge is 2.69. The molecule has 6 rings (SSSR count). The van der Waals surface area contributed by atoms with Crippen LogP contribution in [0.3, 0.4) is 0 Å². The van der Waals surface area contributed by atoms with Crippen molar-refractivity contribution in [3.63, 3.8) is 0 Å². The summed E-state index contributed by atoms with van der Waals surface area (Å²) in [6.07, 6.45) is 9.33. The molecule has 2 bridgehead atoms. The van der Waals surface area contributed by atoms with Gasteiger partial charge < -0.3 is 14.7 Å². The van der Waals surface area contributed by atoms with Crippen LogP contribution in [-0.2, 0) is 4.79 Å². The van der Waals surface area contributed by atoms with E-state index in [0.29, 0.717) is 49.5 Å². The molecule has 1 aromatic carbocycles. The molecule has 184 valence electrons. The molecule has 1 N–H and O–H groups in total. The maximum Gasteiger partial charge on any atom is 0.329 e. The van der Waals surface area contributed by atoms with Gasteiger partial charge in [-0.3, -0.25) is 4.79 Å². The van der Waals surface area contributed by atoms with E-state index >= 15 is 4.39 Å². The largest absolute Gasteiger partial charge is 0.493 e. The summed E-state index contributed by atoms with van der Waals surface area (Å²) in [6.45, 7) is 5.69. The first kappa shape index (κ1) is 22.4. The number of likely N-dealkylation sites (tertiary alicyclic amines) is 1. The summed E-state index contributed by atoms with van der Waals surface area (Å²) < 4.78 is 21.8. The molecule has 1 heterocycles. The first-order chi connectivity index (χ1) is 16.2. The van der Waals surface area contributed by atoms with E-state index in [-0.39, 0.29) is 16.9 Å². The number of hydrogen-bond donors (Lipinski definition) is 1. The van der Waals surface area contributed by atoms with Crippen LogP contribution >= 0.6 is 0 Å². The normalized spacial score (nSPS) is 38.4. The third-order valence-corrected chi connectivity index (χ3v) is 9.51. The number of carboxylic acid groups (broad SMARTS) is 1. The minimum absolute atomic E-state index is 0.00127. The Labute approximate surface area is 201 Å². The summed E-state index contributed by atoms with van der Waals surface area (Å²) in [5.41, 5.74) is -0.0424. The molecular formula is C28H36FNO4. The van der Waals surface area contributed by atoms with Crippen LogP contribution in [0.15, 0.2) is 12.1 Å². The van der Waals surface area contributed by atoms with Gasteiger partial charge in [-0.15, -0.1) is 0 Å². The van der Waals surface area contributed by atoms with E-state index in [9.17, 15) is 14.7 Å². The average molecular weight is 470 g/mol. The van der Waals surface area contributed by atoms with Gasteiger partial charge in [-0.1, -0.05) is 13.8 Å². The number of hydrogen-bond acceptors (Lipinski definition) is 3. The van der Waals surface area contributed by atoms with Crippen molar-refractivity contribution in [3.05, 3.63) is 29.1 Å². The van der Waals surface area contributed by atoms with Gasteiger partial charge in [0.25, 0.3) is 5.91 Å². The highest BCUT2D eigenvalue weighted by atomic mass is 19.1. The molecule has 6 atom stereocenters. The molecule has 34 heavy (non-hydrogen) atoms. The van der Waals surface area contributed by atoms with Gasteiger partial charge in [0.15, 0.2) is 0 Å². The van der Waals surface area contributed by atoms with Crippen molar-refractivity contribution in [1.82, 2.24) is 4.90 Å². The highest BCUT2D eigenvalue weighted by Crippen LogP contribution is 2.57. The minimum Gasteiger partial charge on any atom is -0.493 e. The predicted molar refractivity (Wildman–Crippen MR) is 125 cm³/mol. The second-order valence-corrected chi connectivity index (χ2v) is 12.5. The number of rotatable bonds is 6. The Morgan fingerprint density at radius 3 is 2.41 bits per heavy atom. The molecule has 1 aromatic rings. The van der Waals surface area contributed by atoms with Crippen molar-refractivity contribution in [2.75, 3.05) is 13.2 Å². The lowest BCUT2D eigenvalue weighted by atomic mass is 9.57. The minimum atomic E-state index is -1.12. The van der Waals surface area contributed by atoms with Gasteiger partial charge in [0.05, 0.1) is 12.2 Å². The Hall–Kier alpha value is -2.11. The molecule has 4 aliphatic carbocycles. The van der Waals surface area contributed by atoms with Gasteiger partial charge in [0, 0.05) is 18.0 Å². The lowest BCUT2D eigenvalue weighted by Crippen LogP contribution is -2.45. The van der Waals surface area contributed by atoms with Gasteiger partial charge in [-0.2, -0.15) is 0 Å². The lowest BCUT2D eigenvalue weighted by molar-refractivity contribution is -0.143. The summed E-state index contributed by atoms with van der Waals surface area (Å²) in [7, 11) is 0. The van der Waals surface area contributed by atoms with Gasteiger partial charge in [0.2, 0.25) is 0 Å². The van der Waals surface area contributed by atoms with Gasteiger partial charge in [-0.25, -0.2) is 9.18 Å². The average Bonchev–Trinajstić information content (AvgIpc) is 3.68. The number of carbonyl (C=O) groups excluding carboxylic acids is 1. The van der Waals surface area contributed by atoms with Crippen molar-refractivity contribution in [1.29, 1.82) is 0 Å². The maximum atomic E-state index is 15.3. The lowest BCUT2D eigenvalue weighted by Gasteiger charge is -2.49. The van der Waals surface area contributed by atoms with Crippen LogP contribution in [0.1, 0.15) is 93.5 Å². The monoisotopic (exact) mass is 469 g/mol. The van der Waals surface area contributed by atoms with E-state index in [1.807, 2.05) is 0 Å². The Morgan fingerprint density at radius 1 is 1.09 bits per heavy atom. The van der Waals surface area contributed by atoms with Crippen LogP contribution < -0.4 is 4.74 Å². The fraction of sp³-hybridized carbons (Fsp3) is 0.714. The number of carboxylic acids is 1. The number of fused-ring (bicyclic) bond motifs is 3. The molecule has 5 aliphatic rings. The number of ether oxygens (including phenoxy) is 1. The van der Waals surface area contributed by atoms with Gasteiger partial charge in [0.1, 0.15) is 17.1 Å². The fourth-order valence-corrected chi connectivity index (χ4v) is 8.17. The zero-order valence-corrected chi connectivity index (χ0v) is 20.3. The molecule has 0 aromatic heterocycles. The van der Waals surface area contributed by atoms with Crippen LogP contribution in [-0.4, -0.2) is 40.6 Å². The molecule has 1 saturated heterocycles. The van der Waals surface area contributed by atoms with Gasteiger partial charge >= 0.3 is 5.97 Å². The van der Waals surface area contributed by atoms with Crippen molar-refractivity contribution in [2.45, 2.75) is 83.1 Å². The van der Waals surface area contributed by atoms with Gasteiger partial charge in [-0.05, 0) is 99.0 Å². The molecule has 0 spiro atoms. The molecule has 5 fully saturated rings. The number of benzene rings is 1. The molecular weight excluding hydrogens is 433 g/mol. The summed E-state index contributed by atoms with van der Waals surface area (Å²) in [5.74, 6) is 0.986. The van der Waals surface area contributed by atoms with Crippen LogP contribution in [0.4, 0.5) is 4.39 Å². The fourth-order valence-electron chi connectivity index (χ4n) is 8.17. The first-order valence-electron chi connectivity index (χ1n) is 13.2. The van der Waals surface area contributed by atoms with E-state index < -0.39 is 23.2 Å². The summed E-state index contributed by atoms with van der Waals surface area (Å²) in [4.78, 5) is 26.6. The van der Waals surface area contributed by atoms with Crippen molar-refractivity contribution in [3.8, 4) is 5.75 Å². The van der Waals surface area contributed by atoms with Crippen molar-refractivity contribution >= 4 is 11.9 Å². The van der Waals surface area contributed by atoms with E-state index in [1.54, 1.807) is 6.07 Å². The smallest absolute Gasteiger partial charge is 0.329 e. The molecule has 5 nitrogen and oxygen atoms in total. The number of piperidine rings is 1. The Bertz CT molecular complexity index is 1020. The zero-order chi connectivity index (χ0) is 23.8. The van der Waals surface area contributed by atoms with E-state index in [4.69, 9.17) is 4.74 Å². The first-order valence-corrected chi connectivity index (χ1v) is 13.2. The standard InChI is InChI=1S/C28H36FNO4/c1-16-7-18-8-17(2)12-27(11-16,13-18)15-34-24-10-23(29)22(9-21(24)19-3-4-19)25(31)30-6-5-20-14-28(20,30)26(32)33/h9-10,16-20H,3-8,11-15H2,1-2H3,(H,32,33)/t16-,17?,18+,20?,27-,28+/m1/s1. The quantitative estimate of drug-likeness (QED) is 0.587. The predicted octanol–water partition coefficient (Wildman–Crippen LogP) is 5.62. The topological polar surface area (TPSA) is 66.8 Å². The molecule has 0 radical (unpaired) electrons. The van der Waals surface area contributed by atoms with E-state index in [2.05, 4.69) is 13.8 Å². The Balaban J connectivity index is 1.26. The number of amides is 1. The summed E-state index contributed by atoms with van der Waals surface area (Å²) in [5, 5.41) is 9.74. The zero-order valence-electron chi connectivity index (χ0n) is 20.3. The molecule has 1 aliphatic heterocycles. The maximum absolute atomic E-state index is 15.3. The number of carbonyl (C=O) groups is 2. The van der Waals surface area contributed by atoms with Crippen molar-refractivity contribution < 1.29 is 23.8 Å². The second-order valence-electron chi connectivity index (χ2n) is 12.5. The molecule has 6 heteroatoms. The molecule has 1 amide bonds. The molecule has 2 unspecified atom stereocenters. The third-order valence-electron chi connectivity index (χ3n) is 9.51. The summed E-state index contributed by atoms with van der Waals surface area (Å²) >= 11 is 0. The third kappa shape index (κ3) is 3.54. The number of aliphatic carboxylic acids is 1. The second kappa shape index (κ2) is 7.69. The van der Waals surface area contributed by atoms with Crippen LogP contribution in [0.5, 0.6) is 5.75 Å². The van der Waals surface area contributed by atoms with Crippen LogP contribution in [0.2, 0.25) is 0 Å². The number of nitrogens with zero attached hydrogens (tertiary/aromatic N) is 1.